The van der Waals surface area contributed by atoms with Crippen LogP contribution in [0, 0.1) is 45.3 Å². The Morgan fingerprint density at radius 1 is 0.906 bits per heavy atom. The summed E-state index contributed by atoms with van der Waals surface area (Å²) in [6, 6.07) is 0. The fourth-order valence-electron chi connectivity index (χ4n) is 9.99. The molecular formula is C29H50O3. The van der Waals surface area contributed by atoms with Crippen LogP contribution in [0.4, 0.5) is 0 Å². The molecule has 3 N–H and O–H groups in total. The van der Waals surface area contributed by atoms with Gasteiger partial charge < -0.3 is 15.3 Å². The average molecular weight is 447 g/mol. The van der Waals surface area contributed by atoms with Crippen LogP contribution in [0.5, 0.6) is 0 Å². The molecule has 10 atom stereocenters. The first kappa shape index (κ1) is 24.7. The first-order valence-electron chi connectivity index (χ1n) is 13.5. The Kier molecular flexibility index (Phi) is 6.25. The molecule has 4 rings (SSSR count). The quantitative estimate of drug-likeness (QED) is 0.457. The van der Waals surface area contributed by atoms with Crippen LogP contribution in [0.15, 0.2) is 11.6 Å². The first-order chi connectivity index (χ1) is 14.8. The van der Waals surface area contributed by atoms with Gasteiger partial charge in [0.1, 0.15) is 0 Å². The fourth-order valence-corrected chi connectivity index (χ4v) is 9.99. The zero-order valence-corrected chi connectivity index (χ0v) is 21.8. The van der Waals surface area contributed by atoms with E-state index in [4.69, 9.17) is 0 Å². The van der Waals surface area contributed by atoms with Crippen molar-refractivity contribution in [3.05, 3.63) is 11.6 Å². The SMILES string of the molecule is CC(C)=CCC[C@H](O)C1CC[C@]2(C)C1[C@H](O)CC1[C@@]3(C)CC[C@H](O)C(C)(C)C3CC[C@]12C. The second-order valence-corrected chi connectivity index (χ2v) is 13.8. The molecule has 0 spiro atoms. The molecule has 0 aromatic carbocycles. The Morgan fingerprint density at radius 2 is 1.56 bits per heavy atom. The Hall–Kier alpha value is -0.380. The molecule has 0 bridgehead atoms. The van der Waals surface area contributed by atoms with Crippen LogP contribution >= 0.6 is 0 Å². The number of rotatable bonds is 4. The minimum Gasteiger partial charge on any atom is -0.393 e. The second-order valence-electron chi connectivity index (χ2n) is 13.8. The predicted molar refractivity (Wildman–Crippen MR) is 131 cm³/mol. The number of aliphatic hydroxyl groups excluding tert-OH is 3. The van der Waals surface area contributed by atoms with Gasteiger partial charge in [0.15, 0.2) is 0 Å². The Labute approximate surface area is 197 Å². The highest BCUT2D eigenvalue weighted by Gasteiger charge is 2.70. The van der Waals surface area contributed by atoms with E-state index in [0.717, 1.165) is 44.9 Å². The van der Waals surface area contributed by atoms with E-state index >= 15 is 0 Å². The van der Waals surface area contributed by atoms with Crippen LogP contribution in [0.25, 0.3) is 0 Å². The molecule has 4 aliphatic rings. The number of aliphatic hydroxyl groups is 3. The summed E-state index contributed by atoms with van der Waals surface area (Å²) in [6.07, 6.45) is 10.5. The highest BCUT2D eigenvalue weighted by Crippen LogP contribution is 2.75. The van der Waals surface area contributed by atoms with Gasteiger partial charge in [-0.15, -0.1) is 0 Å². The van der Waals surface area contributed by atoms with E-state index in [1.165, 1.54) is 18.4 Å². The monoisotopic (exact) mass is 446 g/mol. The third-order valence-corrected chi connectivity index (χ3v) is 11.9. The fraction of sp³-hybridized carbons (Fsp3) is 0.931. The zero-order valence-electron chi connectivity index (χ0n) is 21.8. The van der Waals surface area contributed by atoms with E-state index in [0.29, 0.717) is 11.8 Å². The summed E-state index contributed by atoms with van der Waals surface area (Å²) in [7, 11) is 0. The molecule has 0 saturated heterocycles. The van der Waals surface area contributed by atoms with Crippen molar-refractivity contribution in [2.45, 2.75) is 125 Å². The standard InChI is InChI=1S/C29H50O3/c1-18(2)9-8-10-20(30)19-11-15-29(7)25(19)21(31)17-23-27(5)14-13-24(32)26(3,4)22(27)12-16-28(23,29)6/h9,19-25,30-32H,8,10-17H2,1-7H3/t19?,20-,21+,22?,23?,24-,25?,27-,28+,29+/m0/s1. The van der Waals surface area contributed by atoms with Gasteiger partial charge in [-0.25, -0.2) is 0 Å². The van der Waals surface area contributed by atoms with Crippen molar-refractivity contribution in [3.8, 4) is 0 Å². The molecule has 32 heavy (non-hydrogen) atoms. The lowest BCUT2D eigenvalue weighted by molar-refractivity contribution is -0.243. The van der Waals surface area contributed by atoms with Crippen molar-refractivity contribution in [3.63, 3.8) is 0 Å². The molecule has 0 radical (unpaired) electrons. The third-order valence-electron chi connectivity index (χ3n) is 11.9. The number of fused-ring (bicyclic) bond motifs is 5. The minimum absolute atomic E-state index is 0.0592. The van der Waals surface area contributed by atoms with Crippen molar-refractivity contribution in [2.75, 3.05) is 0 Å². The van der Waals surface area contributed by atoms with Crippen LogP contribution in [0.2, 0.25) is 0 Å². The largest absolute Gasteiger partial charge is 0.393 e. The third kappa shape index (κ3) is 3.39. The number of hydrogen-bond donors (Lipinski definition) is 3. The lowest BCUT2D eigenvalue weighted by Gasteiger charge is -2.70. The van der Waals surface area contributed by atoms with Gasteiger partial charge in [0.25, 0.3) is 0 Å². The van der Waals surface area contributed by atoms with E-state index in [-0.39, 0.29) is 51.8 Å². The molecule has 0 aliphatic heterocycles. The molecule has 4 unspecified atom stereocenters. The lowest BCUT2D eigenvalue weighted by Crippen LogP contribution is -2.66. The number of allylic oxidation sites excluding steroid dienone is 2. The molecule has 4 fully saturated rings. The van der Waals surface area contributed by atoms with Crippen molar-refractivity contribution in [1.82, 2.24) is 0 Å². The summed E-state index contributed by atoms with van der Waals surface area (Å²) in [4.78, 5) is 0. The highest BCUT2D eigenvalue weighted by molar-refractivity contribution is 5.19. The van der Waals surface area contributed by atoms with Crippen LogP contribution in [0.3, 0.4) is 0 Å². The second kappa shape index (κ2) is 8.09. The van der Waals surface area contributed by atoms with E-state index in [1.54, 1.807) is 0 Å². The highest BCUT2D eigenvalue weighted by atomic mass is 16.3. The summed E-state index contributed by atoms with van der Waals surface area (Å²) in [5.41, 5.74) is 1.69. The topological polar surface area (TPSA) is 60.7 Å². The van der Waals surface area contributed by atoms with E-state index in [2.05, 4.69) is 54.5 Å². The van der Waals surface area contributed by atoms with E-state index in [1.807, 2.05) is 0 Å². The van der Waals surface area contributed by atoms with Crippen LogP contribution in [-0.2, 0) is 0 Å². The van der Waals surface area contributed by atoms with Gasteiger partial charge in [0, 0.05) is 0 Å². The van der Waals surface area contributed by atoms with Crippen molar-refractivity contribution >= 4 is 0 Å². The van der Waals surface area contributed by atoms with Crippen molar-refractivity contribution in [1.29, 1.82) is 0 Å². The predicted octanol–water partition coefficient (Wildman–Crippen LogP) is 6.11. The molecule has 3 nitrogen and oxygen atoms in total. The molecular weight excluding hydrogens is 396 g/mol. The summed E-state index contributed by atoms with van der Waals surface area (Å²) in [6.45, 7) is 16.3. The molecule has 3 heteroatoms. The molecule has 4 aliphatic carbocycles. The normalized spacial score (nSPS) is 50.7. The summed E-state index contributed by atoms with van der Waals surface area (Å²) < 4.78 is 0. The summed E-state index contributed by atoms with van der Waals surface area (Å²) in [5, 5.41) is 33.6. The van der Waals surface area contributed by atoms with Gasteiger partial charge in [-0.1, -0.05) is 46.3 Å². The van der Waals surface area contributed by atoms with E-state index < -0.39 is 0 Å². The Bertz CT molecular complexity index is 739. The van der Waals surface area contributed by atoms with Gasteiger partial charge >= 0.3 is 0 Å². The lowest BCUT2D eigenvalue weighted by atomic mass is 9.35. The van der Waals surface area contributed by atoms with Crippen molar-refractivity contribution in [2.24, 2.45) is 45.3 Å². The van der Waals surface area contributed by atoms with Gasteiger partial charge in [-0.3, -0.25) is 0 Å². The van der Waals surface area contributed by atoms with Gasteiger partial charge in [-0.2, -0.15) is 0 Å². The zero-order chi connectivity index (χ0) is 23.7. The maximum Gasteiger partial charge on any atom is 0.0594 e. The number of hydrogen-bond acceptors (Lipinski definition) is 3. The molecule has 0 aromatic rings. The maximum atomic E-state index is 11.6. The van der Waals surface area contributed by atoms with Gasteiger partial charge in [0.05, 0.1) is 18.3 Å². The Balaban J connectivity index is 1.63. The molecule has 0 aromatic heterocycles. The van der Waals surface area contributed by atoms with Gasteiger partial charge in [0.2, 0.25) is 0 Å². The first-order valence-corrected chi connectivity index (χ1v) is 13.5. The molecule has 4 saturated carbocycles. The van der Waals surface area contributed by atoms with Crippen LogP contribution in [0.1, 0.15) is 106 Å². The van der Waals surface area contributed by atoms with Crippen LogP contribution < -0.4 is 0 Å². The van der Waals surface area contributed by atoms with Crippen molar-refractivity contribution < 1.29 is 15.3 Å². The minimum atomic E-state index is -0.325. The maximum absolute atomic E-state index is 11.6. The average Bonchev–Trinajstić information content (AvgIpc) is 3.07. The molecule has 184 valence electrons. The molecule has 0 heterocycles. The Morgan fingerprint density at radius 3 is 2.22 bits per heavy atom. The van der Waals surface area contributed by atoms with Crippen LogP contribution in [-0.4, -0.2) is 33.6 Å². The van der Waals surface area contributed by atoms with Gasteiger partial charge in [-0.05, 0) is 117 Å². The smallest absolute Gasteiger partial charge is 0.0594 e. The summed E-state index contributed by atoms with van der Waals surface area (Å²) >= 11 is 0. The summed E-state index contributed by atoms with van der Waals surface area (Å²) in [5.74, 6) is 1.41. The van der Waals surface area contributed by atoms with E-state index in [9.17, 15) is 15.3 Å². The molecule has 0 amide bonds.